The summed E-state index contributed by atoms with van der Waals surface area (Å²) in [4.78, 5) is 14.4. The minimum Gasteiger partial charge on any atom is -0.493 e. The summed E-state index contributed by atoms with van der Waals surface area (Å²) < 4.78 is 16.3. The zero-order valence-electron chi connectivity index (χ0n) is 17.7. The first-order valence-corrected chi connectivity index (χ1v) is 9.84. The summed E-state index contributed by atoms with van der Waals surface area (Å²) in [7, 11) is 4.87. The lowest BCUT2D eigenvalue weighted by Gasteiger charge is -2.15. The average Bonchev–Trinajstić information content (AvgIpc) is 3.27. The molecular formula is C24H23N3O4. The van der Waals surface area contributed by atoms with Gasteiger partial charge in [0.15, 0.2) is 11.5 Å². The second-order valence-corrected chi connectivity index (χ2v) is 7.14. The van der Waals surface area contributed by atoms with Gasteiger partial charge in [-0.2, -0.15) is 0 Å². The first kappa shape index (κ1) is 20.4. The van der Waals surface area contributed by atoms with E-state index in [0.29, 0.717) is 35.3 Å². The highest BCUT2D eigenvalue weighted by Crippen LogP contribution is 2.31. The summed E-state index contributed by atoms with van der Waals surface area (Å²) in [6, 6.07) is 19.4. The van der Waals surface area contributed by atoms with Crippen LogP contribution in [0, 0.1) is 0 Å². The van der Waals surface area contributed by atoms with E-state index in [1.165, 1.54) is 0 Å². The van der Waals surface area contributed by atoms with Crippen LogP contribution in [-0.2, 0) is 17.8 Å². The first-order valence-electron chi connectivity index (χ1n) is 9.84. The van der Waals surface area contributed by atoms with E-state index in [0.717, 1.165) is 16.3 Å². The highest BCUT2D eigenvalue weighted by Gasteiger charge is 2.17. The van der Waals surface area contributed by atoms with Gasteiger partial charge in [-0.05, 0) is 34.5 Å². The van der Waals surface area contributed by atoms with Gasteiger partial charge in [-0.25, -0.2) is 0 Å². The minimum absolute atomic E-state index is 0.0257. The van der Waals surface area contributed by atoms with E-state index in [2.05, 4.69) is 10.2 Å². The molecule has 31 heavy (non-hydrogen) atoms. The molecule has 0 aliphatic carbocycles. The molecule has 0 bridgehead atoms. The Balaban J connectivity index is 1.46. The molecule has 0 fully saturated rings. The van der Waals surface area contributed by atoms with Crippen molar-refractivity contribution in [2.45, 2.75) is 13.0 Å². The fourth-order valence-electron chi connectivity index (χ4n) is 3.44. The lowest BCUT2D eigenvalue weighted by molar-refractivity contribution is -0.129. The number of fused-ring (bicyclic) bond motifs is 1. The van der Waals surface area contributed by atoms with Gasteiger partial charge >= 0.3 is 0 Å². The highest BCUT2D eigenvalue weighted by molar-refractivity contribution is 5.90. The topological polar surface area (TPSA) is 77.7 Å². The monoisotopic (exact) mass is 417 g/mol. The van der Waals surface area contributed by atoms with E-state index in [1.54, 1.807) is 38.3 Å². The molecule has 158 valence electrons. The Morgan fingerprint density at radius 2 is 1.74 bits per heavy atom. The highest BCUT2D eigenvalue weighted by atomic mass is 16.5. The van der Waals surface area contributed by atoms with Gasteiger partial charge < -0.3 is 18.8 Å². The molecule has 3 aromatic carbocycles. The standard InChI is InChI=1S/C24H23N3O4/c1-27(23(28)14-17-9-6-8-16-7-4-5-10-19(16)17)15-22-25-26-24(31-22)18-11-12-20(29-2)21(13-18)30-3/h4-13H,14-15H2,1-3H3. The molecule has 7 nitrogen and oxygen atoms in total. The number of nitrogens with zero attached hydrogens (tertiary/aromatic N) is 3. The largest absolute Gasteiger partial charge is 0.493 e. The molecule has 1 aromatic heterocycles. The van der Waals surface area contributed by atoms with Crippen LogP contribution in [0.25, 0.3) is 22.2 Å². The number of amides is 1. The van der Waals surface area contributed by atoms with Crippen molar-refractivity contribution in [2.24, 2.45) is 0 Å². The molecule has 0 unspecified atom stereocenters. The summed E-state index contributed by atoms with van der Waals surface area (Å²) in [6.07, 6.45) is 0.300. The lowest BCUT2D eigenvalue weighted by Crippen LogP contribution is -2.27. The van der Waals surface area contributed by atoms with E-state index in [-0.39, 0.29) is 12.5 Å². The van der Waals surface area contributed by atoms with Crippen molar-refractivity contribution in [1.29, 1.82) is 0 Å². The van der Waals surface area contributed by atoms with Crippen molar-refractivity contribution in [3.63, 3.8) is 0 Å². The molecule has 1 heterocycles. The average molecular weight is 417 g/mol. The van der Waals surface area contributed by atoms with Crippen LogP contribution in [0.4, 0.5) is 0 Å². The number of rotatable bonds is 7. The number of carbonyl (C=O) groups is 1. The fourth-order valence-corrected chi connectivity index (χ4v) is 3.44. The Morgan fingerprint density at radius 1 is 0.968 bits per heavy atom. The van der Waals surface area contributed by atoms with E-state index in [4.69, 9.17) is 13.9 Å². The number of aromatic nitrogens is 2. The number of benzene rings is 3. The van der Waals surface area contributed by atoms with Crippen molar-refractivity contribution >= 4 is 16.7 Å². The molecule has 4 rings (SSSR count). The van der Waals surface area contributed by atoms with Gasteiger partial charge in [0.05, 0.1) is 27.2 Å². The molecule has 1 amide bonds. The zero-order chi connectivity index (χ0) is 21.8. The van der Waals surface area contributed by atoms with Crippen LogP contribution in [0.3, 0.4) is 0 Å². The van der Waals surface area contributed by atoms with Gasteiger partial charge in [-0.15, -0.1) is 10.2 Å². The molecule has 0 radical (unpaired) electrons. The van der Waals surface area contributed by atoms with Gasteiger partial charge in [0.25, 0.3) is 0 Å². The quantitative estimate of drug-likeness (QED) is 0.450. The maximum Gasteiger partial charge on any atom is 0.247 e. The van der Waals surface area contributed by atoms with Gasteiger partial charge in [0.1, 0.15) is 0 Å². The summed E-state index contributed by atoms with van der Waals surface area (Å²) >= 11 is 0. The molecular weight excluding hydrogens is 394 g/mol. The van der Waals surface area contributed by atoms with Gasteiger partial charge in [-0.3, -0.25) is 4.79 Å². The Labute approximate surface area is 180 Å². The summed E-state index contributed by atoms with van der Waals surface area (Å²) in [5.74, 6) is 1.87. The van der Waals surface area contributed by atoms with Crippen molar-refractivity contribution < 1.29 is 18.7 Å². The number of carbonyl (C=O) groups excluding carboxylic acids is 1. The number of hydrogen-bond donors (Lipinski definition) is 0. The Hall–Kier alpha value is -3.87. The third kappa shape index (κ3) is 4.35. The van der Waals surface area contributed by atoms with Crippen molar-refractivity contribution in [1.82, 2.24) is 15.1 Å². The predicted molar refractivity (Wildman–Crippen MR) is 117 cm³/mol. The Bertz CT molecular complexity index is 1210. The second kappa shape index (κ2) is 8.87. The number of methoxy groups -OCH3 is 2. The minimum atomic E-state index is -0.0257. The molecule has 0 N–H and O–H groups in total. The van der Waals surface area contributed by atoms with E-state index >= 15 is 0 Å². The van der Waals surface area contributed by atoms with Crippen LogP contribution in [0.2, 0.25) is 0 Å². The molecule has 0 saturated carbocycles. The van der Waals surface area contributed by atoms with Gasteiger partial charge in [0.2, 0.25) is 17.7 Å². The Morgan fingerprint density at radius 3 is 2.55 bits per heavy atom. The summed E-state index contributed by atoms with van der Waals surface area (Å²) in [6.45, 7) is 0.226. The van der Waals surface area contributed by atoms with E-state index in [1.807, 2.05) is 48.5 Å². The van der Waals surface area contributed by atoms with Crippen LogP contribution in [0.15, 0.2) is 65.1 Å². The third-order valence-electron chi connectivity index (χ3n) is 5.12. The molecule has 0 spiro atoms. The van der Waals surface area contributed by atoms with Gasteiger partial charge in [0, 0.05) is 12.6 Å². The van der Waals surface area contributed by atoms with Crippen LogP contribution in [0.5, 0.6) is 11.5 Å². The first-order chi connectivity index (χ1) is 15.1. The molecule has 0 aliphatic rings. The maximum absolute atomic E-state index is 12.8. The Kier molecular flexibility index (Phi) is 5.84. The van der Waals surface area contributed by atoms with Gasteiger partial charge in [-0.1, -0.05) is 42.5 Å². The number of ether oxygens (including phenoxy) is 2. The van der Waals surface area contributed by atoms with Crippen LogP contribution in [-0.4, -0.2) is 42.3 Å². The van der Waals surface area contributed by atoms with Crippen molar-refractivity contribution in [3.8, 4) is 23.0 Å². The normalized spacial score (nSPS) is 10.8. The van der Waals surface area contributed by atoms with Crippen LogP contribution >= 0.6 is 0 Å². The van der Waals surface area contributed by atoms with E-state index < -0.39 is 0 Å². The maximum atomic E-state index is 12.8. The smallest absolute Gasteiger partial charge is 0.247 e. The van der Waals surface area contributed by atoms with Crippen molar-refractivity contribution in [2.75, 3.05) is 21.3 Å². The predicted octanol–water partition coefficient (Wildman–Crippen LogP) is 4.11. The van der Waals surface area contributed by atoms with Crippen LogP contribution < -0.4 is 9.47 Å². The molecule has 7 heteroatoms. The molecule has 0 saturated heterocycles. The SMILES string of the molecule is COc1ccc(-c2nnc(CN(C)C(=O)Cc3cccc4ccccc34)o2)cc1OC. The zero-order valence-corrected chi connectivity index (χ0v) is 17.7. The lowest BCUT2D eigenvalue weighted by atomic mass is 10.0. The molecule has 0 atom stereocenters. The molecule has 0 aliphatic heterocycles. The summed E-state index contributed by atoms with van der Waals surface area (Å²) in [5, 5.41) is 10.4. The second-order valence-electron chi connectivity index (χ2n) is 7.14. The third-order valence-corrected chi connectivity index (χ3v) is 5.12. The number of hydrogen-bond acceptors (Lipinski definition) is 6. The van der Waals surface area contributed by atoms with E-state index in [9.17, 15) is 4.79 Å². The van der Waals surface area contributed by atoms with Crippen LogP contribution in [0.1, 0.15) is 11.5 Å². The fraction of sp³-hybridized carbons (Fsp3) is 0.208. The molecule has 4 aromatic rings. The summed E-state index contributed by atoms with van der Waals surface area (Å²) in [5.41, 5.74) is 1.70. The number of likely N-dealkylation sites (N-methyl/N-ethyl adjacent to an activating group) is 1. The van der Waals surface area contributed by atoms with Crippen molar-refractivity contribution in [3.05, 3.63) is 72.1 Å².